The van der Waals surface area contributed by atoms with Crippen molar-refractivity contribution in [1.29, 1.82) is 0 Å². The van der Waals surface area contributed by atoms with E-state index in [0.717, 1.165) is 11.6 Å². The fourth-order valence-corrected chi connectivity index (χ4v) is 3.15. The summed E-state index contributed by atoms with van der Waals surface area (Å²) in [4.78, 5) is 33.5. The van der Waals surface area contributed by atoms with Crippen LogP contribution in [0.15, 0.2) is 64.4 Å². The van der Waals surface area contributed by atoms with E-state index in [4.69, 9.17) is 23.2 Å². The van der Waals surface area contributed by atoms with Gasteiger partial charge in [-0.1, -0.05) is 29.3 Å². The SMILES string of the molecule is O=c1nc2n(Cc3ccc(Cl)nc3)cccc-2c(=O)n1-c1ccc(Cl)cc1F. The lowest BCUT2D eigenvalue weighted by atomic mass is 10.2. The molecule has 6 nitrogen and oxygen atoms in total. The van der Waals surface area contributed by atoms with Crippen LogP contribution in [-0.2, 0) is 6.54 Å². The molecule has 0 saturated heterocycles. The zero-order valence-corrected chi connectivity index (χ0v) is 15.7. The summed E-state index contributed by atoms with van der Waals surface area (Å²) in [5, 5.41) is 0.518. The summed E-state index contributed by atoms with van der Waals surface area (Å²) >= 11 is 11.5. The van der Waals surface area contributed by atoms with E-state index in [0.29, 0.717) is 16.3 Å². The standard InChI is InChI=1S/C19H11Cl2FN4O2/c20-12-4-5-15(14(22)8-12)26-18(27)13-2-1-7-25(17(13)24-19(26)28)10-11-3-6-16(21)23-9-11/h1-9H,10H2. The molecule has 28 heavy (non-hydrogen) atoms. The van der Waals surface area contributed by atoms with Crippen molar-refractivity contribution in [3.05, 3.63) is 97.3 Å². The highest BCUT2D eigenvalue weighted by Crippen LogP contribution is 2.19. The van der Waals surface area contributed by atoms with E-state index in [9.17, 15) is 14.0 Å². The second-order valence-corrected chi connectivity index (χ2v) is 6.82. The molecule has 2 aliphatic heterocycles. The van der Waals surface area contributed by atoms with Crippen LogP contribution in [0.3, 0.4) is 0 Å². The van der Waals surface area contributed by atoms with Gasteiger partial charge in [-0.25, -0.2) is 18.7 Å². The molecule has 140 valence electrons. The van der Waals surface area contributed by atoms with Gasteiger partial charge < -0.3 is 4.57 Å². The number of nitrogens with zero attached hydrogens (tertiary/aromatic N) is 4. The van der Waals surface area contributed by atoms with Gasteiger partial charge in [0.25, 0.3) is 5.56 Å². The number of halogens is 3. The van der Waals surface area contributed by atoms with Gasteiger partial charge in [0.2, 0.25) is 0 Å². The third-order valence-electron chi connectivity index (χ3n) is 4.16. The normalized spacial score (nSPS) is 11.1. The van der Waals surface area contributed by atoms with Crippen LogP contribution in [0.5, 0.6) is 0 Å². The molecular weight excluding hydrogens is 406 g/mol. The second-order valence-electron chi connectivity index (χ2n) is 5.99. The Morgan fingerprint density at radius 1 is 1.07 bits per heavy atom. The molecule has 0 fully saturated rings. The number of pyridine rings is 2. The molecule has 0 N–H and O–H groups in total. The molecule has 0 bridgehead atoms. The highest BCUT2D eigenvalue weighted by molar-refractivity contribution is 6.30. The lowest BCUT2D eigenvalue weighted by Gasteiger charge is -2.15. The van der Waals surface area contributed by atoms with E-state index in [2.05, 4.69) is 9.97 Å². The van der Waals surface area contributed by atoms with Crippen molar-refractivity contribution in [2.75, 3.05) is 0 Å². The first-order valence-electron chi connectivity index (χ1n) is 8.12. The maximum Gasteiger partial charge on any atom is 0.357 e. The average molecular weight is 417 g/mol. The number of benzene rings is 1. The van der Waals surface area contributed by atoms with Crippen molar-refractivity contribution in [3.63, 3.8) is 0 Å². The minimum absolute atomic E-state index is 0.157. The maximum absolute atomic E-state index is 14.3. The molecular formula is C19H11Cl2FN4O2. The summed E-state index contributed by atoms with van der Waals surface area (Å²) in [5.74, 6) is -0.595. The van der Waals surface area contributed by atoms with Crippen molar-refractivity contribution in [3.8, 4) is 17.1 Å². The molecule has 0 atom stereocenters. The maximum atomic E-state index is 14.3. The fourth-order valence-electron chi connectivity index (χ4n) is 2.88. The van der Waals surface area contributed by atoms with E-state index in [1.54, 1.807) is 35.2 Å². The van der Waals surface area contributed by atoms with Crippen molar-refractivity contribution < 1.29 is 4.39 Å². The van der Waals surface area contributed by atoms with Crippen molar-refractivity contribution in [1.82, 2.24) is 19.1 Å². The minimum Gasteiger partial charge on any atom is -0.328 e. The number of hydrogen-bond donors (Lipinski definition) is 0. The zero-order chi connectivity index (χ0) is 19.8. The highest BCUT2D eigenvalue weighted by Gasteiger charge is 2.20. The summed E-state index contributed by atoms with van der Waals surface area (Å²) in [5.41, 5.74) is -0.763. The fraction of sp³-hybridized carbons (Fsp3) is 0.0526. The van der Waals surface area contributed by atoms with Gasteiger partial charge in [-0.2, -0.15) is 4.98 Å². The first-order chi connectivity index (χ1) is 13.4. The van der Waals surface area contributed by atoms with Crippen LogP contribution in [-0.4, -0.2) is 19.1 Å². The Morgan fingerprint density at radius 2 is 1.89 bits per heavy atom. The van der Waals surface area contributed by atoms with Crippen molar-refractivity contribution in [2.45, 2.75) is 6.54 Å². The molecule has 3 heterocycles. The Bertz CT molecular complexity index is 1270. The summed E-state index contributed by atoms with van der Waals surface area (Å²) in [6.07, 6.45) is 3.28. The van der Waals surface area contributed by atoms with Crippen LogP contribution in [0.25, 0.3) is 17.1 Å². The predicted molar refractivity (Wildman–Crippen MR) is 104 cm³/mol. The van der Waals surface area contributed by atoms with Crippen LogP contribution in [0.1, 0.15) is 5.56 Å². The average Bonchev–Trinajstić information content (AvgIpc) is 2.66. The van der Waals surface area contributed by atoms with E-state index < -0.39 is 17.1 Å². The summed E-state index contributed by atoms with van der Waals surface area (Å²) < 4.78 is 16.6. The molecule has 4 rings (SSSR count). The van der Waals surface area contributed by atoms with Crippen molar-refractivity contribution in [2.24, 2.45) is 0 Å². The van der Waals surface area contributed by atoms with E-state index in [1.807, 2.05) is 0 Å². The molecule has 0 saturated carbocycles. The van der Waals surface area contributed by atoms with Gasteiger partial charge in [-0.05, 0) is 42.0 Å². The van der Waals surface area contributed by atoms with Crippen molar-refractivity contribution >= 4 is 23.2 Å². The first kappa shape index (κ1) is 18.3. The van der Waals surface area contributed by atoms with Gasteiger partial charge in [0.05, 0.1) is 17.8 Å². The molecule has 0 amide bonds. The largest absolute Gasteiger partial charge is 0.357 e. The molecule has 2 aromatic rings. The van der Waals surface area contributed by atoms with Crippen LogP contribution >= 0.6 is 23.2 Å². The van der Waals surface area contributed by atoms with E-state index in [-0.39, 0.29) is 22.1 Å². The Hall–Kier alpha value is -3.03. The zero-order valence-electron chi connectivity index (χ0n) is 14.1. The van der Waals surface area contributed by atoms with Gasteiger partial charge in [0.15, 0.2) is 5.82 Å². The minimum atomic E-state index is -0.882. The predicted octanol–water partition coefficient (Wildman–Crippen LogP) is 3.39. The quantitative estimate of drug-likeness (QED) is 0.480. The summed E-state index contributed by atoms with van der Waals surface area (Å²) in [7, 11) is 0. The van der Waals surface area contributed by atoms with E-state index >= 15 is 0 Å². The highest BCUT2D eigenvalue weighted by atomic mass is 35.5. The Labute approximate surface area is 167 Å². The third-order valence-corrected chi connectivity index (χ3v) is 4.62. The van der Waals surface area contributed by atoms with Gasteiger partial charge in [-0.15, -0.1) is 0 Å². The molecule has 0 unspecified atom stereocenters. The first-order valence-corrected chi connectivity index (χ1v) is 8.88. The molecule has 9 heteroatoms. The molecule has 0 aliphatic carbocycles. The van der Waals surface area contributed by atoms with Crippen LogP contribution in [0, 0.1) is 5.82 Å². The summed E-state index contributed by atoms with van der Waals surface area (Å²) in [6.45, 7) is 0.326. The van der Waals surface area contributed by atoms with Gasteiger partial charge >= 0.3 is 5.69 Å². The Morgan fingerprint density at radius 3 is 2.61 bits per heavy atom. The van der Waals surface area contributed by atoms with Gasteiger partial charge in [0, 0.05) is 17.4 Å². The van der Waals surface area contributed by atoms with Gasteiger partial charge in [-0.3, -0.25) is 4.79 Å². The second kappa shape index (κ2) is 7.18. The molecule has 1 aromatic heterocycles. The summed E-state index contributed by atoms with van der Waals surface area (Å²) in [6, 6.07) is 10.3. The number of fused-ring (bicyclic) bond motifs is 1. The monoisotopic (exact) mass is 416 g/mol. The Kier molecular flexibility index (Phi) is 4.70. The Balaban J connectivity index is 1.88. The molecule has 1 aromatic carbocycles. The molecule has 2 aliphatic rings. The van der Waals surface area contributed by atoms with Crippen LogP contribution < -0.4 is 11.2 Å². The number of rotatable bonds is 3. The lowest BCUT2D eigenvalue weighted by molar-refractivity contribution is 0.611. The molecule has 0 spiro atoms. The third kappa shape index (κ3) is 3.30. The van der Waals surface area contributed by atoms with Gasteiger partial charge in [0.1, 0.15) is 11.0 Å². The number of hydrogen-bond acceptors (Lipinski definition) is 4. The number of aromatic nitrogens is 4. The lowest BCUT2D eigenvalue weighted by Crippen LogP contribution is -2.37. The molecule has 0 radical (unpaired) electrons. The smallest absolute Gasteiger partial charge is 0.328 e. The topological polar surface area (TPSA) is 69.8 Å². The van der Waals surface area contributed by atoms with E-state index in [1.165, 1.54) is 18.2 Å². The van der Waals surface area contributed by atoms with Crippen LogP contribution in [0.2, 0.25) is 10.2 Å². The van der Waals surface area contributed by atoms with Crippen LogP contribution in [0.4, 0.5) is 4.39 Å².